The summed E-state index contributed by atoms with van der Waals surface area (Å²) in [7, 11) is 0. The minimum atomic E-state index is -0.238. The minimum absolute atomic E-state index is 0.125. The van der Waals surface area contributed by atoms with Crippen LogP contribution >= 0.6 is 22.9 Å². The van der Waals surface area contributed by atoms with E-state index in [0.29, 0.717) is 22.8 Å². The molecule has 0 radical (unpaired) electrons. The normalized spacial score (nSPS) is 11.3. The number of benzene rings is 1. The Bertz CT molecular complexity index is 588. The highest BCUT2D eigenvalue weighted by Crippen LogP contribution is 2.27. The topological polar surface area (TPSA) is 55.1 Å². The van der Waals surface area contributed by atoms with Gasteiger partial charge >= 0.3 is 0 Å². The van der Waals surface area contributed by atoms with E-state index in [1.54, 1.807) is 29.5 Å². The summed E-state index contributed by atoms with van der Waals surface area (Å²) in [6.45, 7) is 4.71. The van der Waals surface area contributed by atoms with E-state index >= 15 is 0 Å². The third kappa shape index (κ3) is 3.14. The van der Waals surface area contributed by atoms with E-state index in [1.165, 1.54) is 4.88 Å². The van der Waals surface area contributed by atoms with Crippen molar-refractivity contribution < 1.29 is 4.79 Å². The van der Waals surface area contributed by atoms with Crippen LogP contribution < -0.4 is 11.1 Å². The average molecular weight is 309 g/mol. The Hall–Kier alpha value is -1.52. The smallest absolute Gasteiger partial charge is 0.254 e. The third-order valence-electron chi connectivity index (χ3n) is 3.15. The van der Waals surface area contributed by atoms with Gasteiger partial charge in [0.05, 0.1) is 10.6 Å². The van der Waals surface area contributed by atoms with Crippen molar-refractivity contribution in [2.75, 3.05) is 12.3 Å². The van der Waals surface area contributed by atoms with Crippen molar-refractivity contribution in [2.24, 2.45) is 0 Å². The van der Waals surface area contributed by atoms with E-state index in [9.17, 15) is 4.79 Å². The van der Waals surface area contributed by atoms with Gasteiger partial charge in [0.1, 0.15) is 0 Å². The van der Waals surface area contributed by atoms with Gasteiger partial charge in [-0.3, -0.25) is 4.79 Å². The van der Waals surface area contributed by atoms with Gasteiger partial charge in [-0.1, -0.05) is 37.6 Å². The maximum absolute atomic E-state index is 12.2. The van der Waals surface area contributed by atoms with Crippen molar-refractivity contribution >= 4 is 34.5 Å². The molecule has 20 heavy (non-hydrogen) atoms. The van der Waals surface area contributed by atoms with Gasteiger partial charge in [-0.2, -0.15) is 0 Å². The highest BCUT2D eigenvalue weighted by atomic mass is 35.5. The summed E-state index contributed by atoms with van der Waals surface area (Å²) in [4.78, 5) is 13.5. The van der Waals surface area contributed by atoms with Gasteiger partial charge in [-0.25, -0.2) is 0 Å². The van der Waals surface area contributed by atoms with Gasteiger partial charge in [-0.05, 0) is 23.6 Å². The van der Waals surface area contributed by atoms with E-state index in [1.807, 2.05) is 11.4 Å². The van der Waals surface area contributed by atoms with Crippen LogP contribution in [0.5, 0.6) is 0 Å². The Labute approximate surface area is 127 Å². The maximum atomic E-state index is 12.2. The summed E-state index contributed by atoms with van der Waals surface area (Å²) in [5.41, 5.74) is 6.42. The molecule has 1 aromatic heterocycles. The molecule has 3 N–H and O–H groups in total. The number of thiophene rings is 1. The van der Waals surface area contributed by atoms with Gasteiger partial charge in [0.25, 0.3) is 5.91 Å². The molecule has 2 rings (SSSR count). The van der Waals surface area contributed by atoms with Crippen molar-refractivity contribution in [1.29, 1.82) is 0 Å². The van der Waals surface area contributed by atoms with Crippen molar-refractivity contribution in [2.45, 2.75) is 19.3 Å². The number of hydrogen-bond donors (Lipinski definition) is 2. The molecule has 0 fully saturated rings. The van der Waals surface area contributed by atoms with Gasteiger partial charge in [0.15, 0.2) is 0 Å². The highest BCUT2D eigenvalue weighted by molar-refractivity contribution is 7.10. The molecule has 1 heterocycles. The van der Waals surface area contributed by atoms with Crippen molar-refractivity contribution in [3.05, 3.63) is 51.2 Å². The van der Waals surface area contributed by atoms with Crippen LogP contribution in [0.2, 0.25) is 5.02 Å². The number of anilines is 1. The zero-order valence-corrected chi connectivity index (χ0v) is 13.0. The quantitative estimate of drug-likeness (QED) is 0.846. The van der Waals surface area contributed by atoms with Crippen LogP contribution in [-0.4, -0.2) is 12.5 Å². The lowest BCUT2D eigenvalue weighted by molar-refractivity contribution is 0.0947. The Balaban J connectivity index is 2.10. The zero-order chi connectivity index (χ0) is 14.8. The summed E-state index contributed by atoms with van der Waals surface area (Å²) in [5, 5.41) is 5.32. The fourth-order valence-corrected chi connectivity index (χ4v) is 3.04. The number of rotatable bonds is 4. The number of halogens is 1. The first kappa shape index (κ1) is 14.9. The predicted molar refractivity (Wildman–Crippen MR) is 85.5 cm³/mol. The SMILES string of the molecule is CC(C)(CNC(=O)c1c(N)cccc1Cl)c1cccs1. The first-order valence-corrected chi connectivity index (χ1v) is 7.54. The van der Waals surface area contributed by atoms with Crippen LogP contribution in [0.3, 0.4) is 0 Å². The first-order valence-electron chi connectivity index (χ1n) is 6.28. The molecule has 0 saturated heterocycles. The molecule has 0 spiro atoms. The summed E-state index contributed by atoms with van der Waals surface area (Å²) < 4.78 is 0. The fourth-order valence-electron chi connectivity index (χ4n) is 1.92. The van der Waals surface area contributed by atoms with Crippen LogP contribution in [0.25, 0.3) is 0 Å². The fraction of sp³-hybridized carbons (Fsp3) is 0.267. The van der Waals surface area contributed by atoms with Crippen LogP contribution in [0.15, 0.2) is 35.7 Å². The summed E-state index contributed by atoms with van der Waals surface area (Å²) in [6.07, 6.45) is 0. The number of carbonyl (C=O) groups excluding carboxylic acids is 1. The van der Waals surface area contributed by atoms with Crippen molar-refractivity contribution in [1.82, 2.24) is 5.32 Å². The minimum Gasteiger partial charge on any atom is -0.398 e. The second-order valence-corrected chi connectivity index (χ2v) is 6.60. The molecule has 0 aliphatic rings. The molecule has 5 heteroatoms. The molecule has 1 aromatic carbocycles. The first-order chi connectivity index (χ1) is 9.42. The van der Waals surface area contributed by atoms with E-state index in [0.717, 1.165) is 0 Å². The van der Waals surface area contributed by atoms with Crippen LogP contribution in [0, 0.1) is 0 Å². The van der Waals surface area contributed by atoms with Crippen molar-refractivity contribution in [3.63, 3.8) is 0 Å². The predicted octanol–water partition coefficient (Wildman–Crippen LogP) is 3.69. The van der Waals surface area contributed by atoms with Crippen molar-refractivity contribution in [3.8, 4) is 0 Å². The number of amides is 1. The van der Waals surface area contributed by atoms with Gasteiger partial charge in [0.2, 0.25) is 0 Å². The lowest BCUT2D eigenvalue weighted by Gasteiger charge is -2.24. The Morgan fingerprint density at radius 3 is 2.70 bits per heavy atom. The molecular formula is C15H17ClN2OS. The monoisotopic (exact) mass is 308 g/mol. The number of nitrogens with one attached hydrogen (secondary N) is 1. The summed E-state index contributed by atoms with van der Waals surface area (Å²) in [5.74, 6) is -0.238. The number of hydrogen-bond acceptors (Lipinski definition) is 3. The number of nitrogens with two attached hydrogens (primary N) is 1. The molecule has 2 aromatic rings. The van der Waals surface area contributed by atoms with Crippen LogP contribution in [-0.2, 0) is 5.41 Å². The van der Waals surface area contributed by atoms with Gasteiger partial charge in [-0.15, -0.1) is 11.3 Å². The molecule has 0 saturated carbocycles. The van der Waals surface area contributed by atoms with E-state index in [4.69, 9.17) is 17.3 Å². The van der Waals surface area contributed by atoms with E-state index in [-0.39, 0.29) is 11.3 Å². The Morgan fingerprint density at radius 2 is 2.10 bits per heavy atom. The molecular weight excluding hydrogens is 292 g/mol. The second kappa shape index (κ2) is 5.85. The molecule has 1 amide bonds. The molecule has 0 bridgehead atoms. The molecule has 0 atom stereocenters. The van der Waals surface area contributed by atoms with Gasteiger partial charge < -0.3 is 11.1 Å². The van der Waals surface area contributed by atoms with Crippen LogP contribution in [0.1, 0.15) is 29.1 Å². The Kier molecular flexibility index (Phi) is 4.35. The molecule has 0 aliphatic carbocycles. The zero-order valence-electron chi connectivity index (χ0n) is 11.4. The van der Waals surface area contributed by atoms with Crippen LogP contribution in [0.4, 0.5) is 5.69 Å². The Morgan fingerprint density at radius 1 is 1.35 bits per heavy atom. The molecule has 0 aliphatic heterocycles. The number of nitrogen functional groups attached to an aromatic ring is 1. The van der Waals surface area contributed by atoms with Gasteiger partial charge in [0, 0.05) is 22.5 Å². The van der Waals surface area contributed by atoms with E-state index in [2.05, 4.69) is 25.2 Å². The average Bonchev–Trinajstić information content (AvgIpc) is 2.91. The maximum Gasteiger partial charge on any atom is 0.254 e. The number of carbonyl (C=O) groups is 1. The summed E-state index contributed by atoms with van der Waals surface area (Å²) >= 11 is 7.72. The summed E-state index contributed by atoms with van der Waals surface area (Å²) in [6, 6.07) is 9.14. The largest absolute Gasteiger partial charge is 0.398 e. The molecule has 0 unspecified atom stereocenters. The highest BCUT2D eigenvalue weighted by Gasteiger charge is 2.23. The second-order valence-electron chi connectivity index (χ2n) is 5.25. The molecule has 106 valence electrons. The standard InChI is InChI=1S/C15H17ClN2OS/c1-15(2,12-7-4-8-20-12)9-18-14(19)13-10(16)5-3-6-11(13)17/h3-8H,9,17H2,1-2H3,(H,18,19). The van der Waals surface area contributed by atoms with E-state index < -0.39 is 0 Å². The molecule has 3 nitrogen and oxygen atoms in total. The lowest BCUT2D eigenvalue weighted by atomic mass is 9.91. The lowest BCUT2D eigenvalue weighted by Crippen LogP contribution is -2.36. The third-order valence-corrected chi connectivity index (χ3v) is 4.70.